The molecule has 1 unspecified atom stereocenters. The van der Waals surface area contributed by atoms with Crippen LogP contribution < -0.4 is 5.32 Å². The fourth-order valence-corrected chi connectivity index (χ4v) is 3.67. The minimum Gasteiger partial charge on any atom is -0.308 e. The molecule has 0 aliphatic heterocycles. The lowest BCUT2D eigenvalue weighted by atomic mass is 9.90. The van der Waals surface area contributed by atoms with Crippen LogP contribution in [0.4, 0.5) is 0 Å². The summed E-state index contributed by atoms with van der Waals surface area (Å²) >= 11 is 3.56. The van der Waals surface area contributed by atoms with Gasteiger partial charge in [0.1, 0.15) is 0 Å². The van der Waals surface area contributed by atoms with Crippen LogP contribution in [0.2, 0.25) is 0 Å². The van der Waals surface area contributed by atoms with Crippen molar-refractivity contribution in [3.63, 3.8) is 0 Å². The van der Waals surface area contributed by atoms with Crippen LogP contribution in [-0.4, -0.2) is 21.5 Å². The third-order valence-electron chi connectivity index (χ3n) is 4.11. The Balaban J connectivity index is 2.19. The third-order valence-corrected chi connectivity index (χ3v) is 4.67. The molecule has 108 valence electrons. The molecule has 1 aliphatic rings. The summed E-state index contributed by atoms with van der Waals surface area (Å²) in [6, 6.07) is 0.382. The number of rotatable bonds is 5. The molecule has 0 amide bonds. The lowest BCUT2D eigenvalue weighted by Crippen LogP contribution is -2.31. The first-order valence-corrected chi connectivity index (χ1v) is 8.31. The molecule has 1 heterocycles. The van der Waals surface area contributed by atoms with Gasteiger partial charge < -0.3 is 5.32 Å². The van der Waals surface area contributed by atoms with Crippen molar-refractivity contribution in [1.29, 1.82) is 0 Å². The molecule has 0 bridgehead atoms. The van der Waals surface area contributed by atoms with Gasteiger partial charge in [0.15, 0.2) is 4.60 Å². The monoisotopic (exact) mass is 328 g/mol. The molecular weight excluding hydrogens is 304 g/mol. The Hall–Kier alpha value is -0.420. The van der Waals surface area contributed by atoms with E-state index in [1.54, 1.807) is 0 Å². The van der Waals surface area contributed by atoms with Crippen LogP contribution in [0.25, 0.3) is 0 Å². The molecule has 1 aromatic heterocycles. The number of hydrogen-bond donors (Lipinski definition) is 1. The number of halogens is 1. The van der Waals surface area contributed by atoms with Crippen molar-refractivity contribution in [3.05, 3.63) is 10.3 Å². The number of hydrogen-bond acceptors (Lipinski definition) is 3. The third kappa shape index (κ3) is 3.78. The molecule has 0 aromatic carbocycles. The van der Waals surface area contributed by atoms with E-state index in [4.69, 9.17) is 0 Å². The topological polar surface area (TPSA) is 42.7 Å². The lowest BCUT2D eigenvalue weighted by molar-refractivity contribution is 0.311. The van der Waals surface area contributed by atoms with Gasteiger partial charge in [-0.1, -0.05) is 37.8 Å². The summed E-state index contributed by atoms with van der Waals surface area (Å²) in [7, 11) is 1.99. The van der Waals surface area contributed by atoms with Crippen molar-refractivity contribution in [2.75, 3.05) is 6.54 Å². The van der Waals surface area contributed by atoms with Crippen molar-refractivity contribution in [2.24, 2.45) is 13.0 Å². The van der Waals surface area contributed by atoms with E-state index in [0.29, 0.717) is 12.0 Å². The molecule has 1 aromatic rings. The van der Waals surface area contributed by atoms with Gasteiger partial charge in [0.05, 0.1) is 11.7 Å². The van der Waals surface area contributed by atoms with Crippen LogP contribution >= 0.6 is 15.9 Å². The standard InChI is InChI=1S/C14H25BrN4/c1-3-10-16-12(11-8-6-4-5-7-9-11)13-14(15)17-18-19(13)2/h11-12,16H,3-10H2,1-2H3. The van der Waals surface area contributed by atoms with Crippen molar-refractivity contribution in [3.8, 4) is 0 Å². The van der Waals surface area contributed by atoms with Crippen molar-refractivity contribution in [1.82, 2.24) is 20.3 Å². The van der Waals surface area contributed by atoms with Crippen LogP contribution in [-0.2, 0) is 7.05 Å². The van der Waals surface area contributed by atoms with Gasteiger partial charge in [0.25, 0.3) is 0 Å². The molecule has 1 saturated carbocycles. The van der Waals surface area contributed by atoms with Gasteiger partial charge in [-0.25, -0.2) is 4.68 Å². The highest BCUT2D eigenvalue weighted by molar-refractivity contribution is 9.10. The molecule has 1 aliphatic carbocycles. The molecule has 0 spiro atoms. The second-order valence-electron chi connectivity index (χ2n) is 5.57. The highest BCUT2D eigenvalue weighted by Gasteiger charge is 2.28. The Labute approximate surface area is 124 Å². The molecule has 0 saturated heterocycles. The van der Waals surface area contributed by atoms with Gasteiger partial charge in [0, 0.05) is 7.05 Å². The molecule has 19 heavy (non-hydrogen) atoms. The number of aromatic nitrogens is 3. The minimum absolute atomic E-state index is 0.382. The number of nitrogens with zero attached hydrogens (tertiary/aromatic N) is 3. The van der Waals surface area contributed by atoms with E-state index in [1.165, 1.54) is 44.2 Å². The van der Waals surface area contributed by atoms with Crippen LogP contribution in [0.5, 0.6) is 0 Å². The lowest BCUT2D eigenvalue weighted by Gasteiger charge is -2.27. The van der Waals surface area contributed by atoms with Gasteiger partial charge in [-0.2, -0.15) is 0 Å². The molecule has 5 heteroatoms. The Kier molecular flexibility index (Phi) is 5.82. The molecule has 2 rings (SSSR count). The zero-order valence-corrected chi connectivity index (χ0v) is 13.6. The van der Waals surface area contributed by atoms with Gasteiger partial charge in [-0.3, -0.25) is 0 Å². The van der Waals surface area contributed by atoms with Gasteiger partial charge in [0.2, 0.25) is 0 Å². The van der Waals surface area contributed by atoms with E-state index < -0.39 is 0 Å². The van der Waals surface area contributed by atoms with Crippen molar-refractivity contribution >= 4 is 15.9 Å². The molecule has 4 nitrogen and oxygen atoms in total. The second-order valence-corrected chi connectivity index (χ2v) is 6.32. The maximum absolute atomic E-state index is 4.15. The van der Waals surface area contributed by atoms with E-state index in [0.717, 1.165) is 17.6 Å². The normalized spacial score (nSPS) is 19.3. The SMILES string of the molecule is CCCNC(c1c(Br)nnn1C)C1CCCCCC1. The predicted octanol–water partition coefficient (Wildman–Crippen LogP) is 3.59. The number of nitrogens with one attached hydrogen (secondary N) is 1. The van der Waals surface area contributed by atoms with Crippen LogP contribution in [0.15, 0.2) is 4.60 Å². The van der Waals surface area contributed by atoms with E-state index in [9.17, 15) is 0 Å². The van der Waals surface area contributed by atoms with E-state index in [2.05, 4.69) is 38.5 Å². The largest absolute Gasteiger partial charge is 0.308 e. The first-order valence-electron chi connectivity index (χ1n) is 7.52. The average Bonchev–Trinajstić information content (AvgIpc) is 2.62. The van der Waals surface area contributed by atoms with E-state index >= 15 is 0 Å². The average molecular weight is 329 g/mol. The van der Waals surface area contributed by atoms with Gasteiger partial charge >= 0.3 is 0 Å². The quantitative estimate of drug-likeness (QED) is 0.840. The fraction of sp³-hybridized carbons (Fsp3) is 0.857. The molecule has 0 radical (unpaired) electrons. The van der Waals surface area contributed by atoms with E-state index in [1.807, 2.05) is 11.7 Å². The summed E-state index contributed by atoms with van der Waals surface area (Å²) in [6.07, 6.45) is 9.30. The van der Waals surface area contributed by atoms with E-state index in [-0.39, 0.29) is 0 Å². The zero-order valence-electron chi connectivity index (χ0n) is 12.0. The minimum atomic E-state index is 0.382. The zero-order chi connectivity index (χ0) is 13.7. The molecule has 1 N–H and O–H groups in total. The summed E-state index contributed by atoms with van der Waals surface area (Å²) in [6.45, 7) is 3.27. The maximum Gasteiger partial charge on any atom is 0.153 e. The predicted molar refractivity (Wildman–Crippen MR) is 80.9 cm³/mol. The summed E-state index contributed by atoms with van der Waals surface area (Å²) in [5, 5.41) is 12.0. The highest BCUT2D eigenvalue weighted by Crippen LogP contribution is 2.35. The van der Waals surface area contributed by atoms with Crippen LogP contribution in [0.3, 0.4) is 0 Å². The Morgan fingerprint density at radius 2 is 2.00 bits per heavy atom. The summed E-state index contributed by atoms with van der Waals surface area (Å²) in [5.74, 6) is 0.711. The summed E-state index contributed by atoms with van der Waals surface area (Å²) in [5.41, 5.74) is 1.21. The highest BCUT2D eigenvalue weighted by atomic mass is 79.9. The Morgan fingerprint density at radius 3 is 2.53 bits per heavy atom. The van der Waals surface area contributed by atoms with Gasteiger partial charge in [-0.15, -0.1) is 5.10 Å². The first kappa shape index (κ1) is 15.0. The Morgan fingerprint density at radius 1 is 1.32 bits per heavy atom. The molecule has 1 fully saturated rings. The van der Waals surface area contributed by atoms with Gasteiger partial charge in [-0.05, 0) is 47.7 Å². The summed E-state index contributed by atoms with van der Waals surface area (Å²) in [4.78, 5) is 0. The smallest absolute Gasteiger partial charge is 0.153 e. The summed E-state index contributed by atoms with van der Waals surface area (Å²) < 4.78 is 2.82. The molecular formula is C14H25BrN4. The van der Waals surface area contributed by atoms with Crippen molar-refractivity contribution in [2.45, 2.75) is 57.9 Å². The molecule has 1 atom stereocenters. The second kappa shape index (κ2) is 7.39. The van der Waals surface area contributed by atoms with Crippen molar-refractivity contribution < 1.29 is 0 Å². The number of aryl methyl sites for hydroxylation is 1. The van der Waals surface area contributed by atoms with Crippen LogP contribution in [0, 0.1) is 5.92 Å². The van der Waals surface area contributed by atoms with Crippen LogP contribution in [0.1, 0.15) is 63.6 Å². The maximum atomic E-state index is 4.15. The first-order chi connectivity index (χ1) is 9.24. The Bertz CT molecular complexity index is 363. The fourth-order valence-electron chi connectivity index (χ4n) is 3.10.